The molecule has 0 saturated heterocycles. The predicted octanol–water partition coefficient (Wildman–Crippen LogP) is 5.74. The Morgan fingerprint density at radius 1 is 1.07 bits per heavy atom. The molecule has 0 bridgehead atoms. The van der Waals surface area contributed by atoms with Gasteiger partial charge < -0.3 is 9.47 Å². The van der Waals surface area contributed by atoms with Crippen molar-refractivity contribution < 1.29 is 19.1 Å². The number of rotatable bonds is 4. The molecule has 0 unspecified atom stereocenters. The summed E-state index contributed by atoms with van der Waals surface area (Å²) in [7, 11) is 0. The molecule has 0 fully saturated rings. The lowest BCUT2D eigenvalue weighted by atomic mass is 10.1. The van der Waals surface area contributed by atoms with Crippen molar-refractivity contribution in [2.45, 2.75) is 13.3 Å². The predicted molar refractivity (Wildman–Crippen MR) is 112 cm³/mol. The van der Waals surface area contributed by atoms with Crippen LogP contribution in [0.5, 0.6) is 11.5 Å². The maximum atomic E-state index is 12.6. The molecule has 0 atom stereocenters. The molecular weight excluding hydrogens is 388 g/mol. The first-order valence-electron chi connectivity index (χ1n) is 9.19. The van der Waals surface area contributed by atoms with E-state index in [4.69, 9.17) is 21.1 Å². The van der Waals surface area contributed by atoms with E-state index in [2.05, 4.69) is 6.92 Å². The molecule has 29 heavy (non-hydrogen) atoms. The van der Waals surface area contributed by atoms with Crippen LogP contribution < -0.4 is 9.47 Å². The molecule has 3 aromatic rings. The van der Waals surface area contributed by atoms with Crippen LogP contribution in [0, 0.1) is 0 Å². The maximum absolute atomic E-state index is 12.6. The number of ether oxygens (including phenoxy) is 2. The number of carbonyl (C=O) groups is 2. The minimum absolute atomic E-state index is 0.205. The van der Waals surface area contributed by atoms with Gasteiger partial charge in [0, 0.05) is 6.07 Å². The fraction of sp³-hybridized carbons (Fsp3) is 0.0833. The zero-order chi connectivity index (χ0) is 20.4. The van der Waals surface area contributed by atoms with Gasteiger partial charge in [-0.3, -0.25) is 4.79 Å². The van der Waals surface area contributed by atoms with Gasteiger partial charge in [-0.15, -0.1) is 0 Å². The molecule has 3 aromatic carbocycles. The molecule has 1 aliphatic rings. The minimum Gasteiger partial charge on any atom is -0.452 e. The van der Waals surface area contributed by atoms with E-state index in [1.165, 1.54) is 11.6 Å². The van der Waals surface area contributed by atoms with Crippen molar-refractivity contribution in [2.24, 2.45) is 0 Å². The topological polar surface area (TPSA) is 52.6 Å². The first kappa shape index (κ1) is 19.0. The zero-order valence-electron chi connectivity index (χ0n) is 15.6. The Hall–Kier alpha value is -3.37. The summed E-state index contributed by atoms with van der Waals surface area (Å²) in [4.78, 5) is 24.9. The Balaban J connectivity index is 1.54. The summed E-state index contributed by atoms with van der Waals surface area (Å²) < 4.78 is 11.1. The number of esters is 1. The van der Waals surface area contributed by atoms with Gasteiger partial charge >= 0.3 is 5.97 Å². The molecule has 144 valence electrons. The lowest BCUT2D eigenvalue weighted by Gasteiger charge is -2.06. The van der Waals surface area contributed by atoms with E-state index in [0.717, 1.165) is 12.0 Å². The van der Waals surface area contributed by atoms with Gasteiger partial charge in [0.1, 0.15) is 11.5 Å². The monoisotopic (exact) mass is 404 g/mol. The summed E-state index contributed by atoms with van der Waals surface area (Å²) in [6.07, 6.45) is 2.66. The Morgan fingerprint density at radius 2 is 1.83 bits per heavy atom. The molecule has 1 aliphatic heterocycles. The molecule has 0 radical (unpaired) electrons. The SMILES string of the molecule is CCc1ccc(/C=C2\Oc3cc(OC(=O)c4ccccc4Cl)ccc3C2=O)cc1. The highest BCUT2D eigenvalue weighted by atomic mass is 35.5. The quantitative estimate of drug-likeness (QED) is 0.316. The highest BCUT2D eigenvalue weighted by molar-refractivity contribution is 6.33. The number of carbonyl (C=O) groups excluding carboxylic acids is 2. The second-order valence-corrected chi connectivity index (χ2v) is 6.97. The van der Waals surface area contributed by atoms with Crippen LogP contribution in [0.25, 0.3) is 6.08 Å². The molecule has 0 aromatic heterocycles. The van der Waals surface area contributed by atoms with Crippen molar-refractivity contribution in [3.8, 4) is 11.5 Å². The number of ketones is 1. The number of Topliss-reactive ketones (excluding diaryl/α,β-unsaturated/α-hetero) is 1. The largest absolute Gasteiger partial charge is 0.452 e. The molecule has 0 saturated carbocycles. The highest BCUT2D eigenvalue weighted by Crippen LogP contribution is 2.35. The van der Waals surface area contributed by atoms with E-state index in [1.807, 2.05) is 24.3 Å². The third kappa shape index (κ3) is 3.93. The van der Waals surface area contributed by atoms with Crippen LogP contribution in [0.1, 0.15) is 38.8 Å². The first-order chi connectivity index (χ1) is 14.0. The van der Waals surface area contributed by atoms with E-state index in [0.29, 0.717) is 16.3 Å². The molecule has 5 heteroatoms. The molecule has 0 N–H and O–H groups in total. The number of hydrogen-bond acceptors (Lipinski definition) is 4. The average Bonchev–Trinajstić information content (AvgIpc) is 3.03. The van der Waals surface area contributed by atoms with Gasteiger partial charge in [-0.25, -0.2) is 4.79 Å². The second kappa shape index (κ2) is 7.94. The van der Waals surface area contributed by atoms with Crippen LogP contribution in [-0.4, -0.2) is 11.8 Å². The number of benzene rings is 3. The number of allylic oxidation sites excluding steroid dienone is 1. The van der Waals surface area contributed by atoms with Gasteiger partial charge in [0.2, 0.25) is 5.78 Å². The number of halogens is 1. The molecule has 4 rings (SSSR count). The zero-order valence-corrected chi connectivity index (χ0v) is 16.4. The maximum Gasteiger partial charge on any atom is 0.345 e. The lowest BCUT2D eigenvalue weighted by Crippen LogP contribution is -2.09. The number of fused-ring (bicyclic) bond motifs is 1. The van der Waals surface area contributed by atoms with E-state index in [9.17, 15) is 9.59 Å². The van der Waals surface area contributed by atoms with Gasteiger partial charge in [-0.05, 0) is 47.9 Å². The van der Waals surface area contributed by atoms with Crippen LogP contribution in [0.4, 0.5) is 0 Å². The van der Waals surface area contributed by atoms with E-state index in [1.54, 1.807) is 42.5 Å². The molecule has 0 spiro atoms. The van der Waals surface area contributed by atoms with Crippen molar-refractivity contribution in [3.63, 3.8) is 0 Å². The summed E-state index contributed by atoms with van der Waals surface area (Å²) in [5, 5.41) is 0.310. The molecule has 1 heterocycles. The van der Waals surface area contributed by atoms with Crippen LogP contribution in [0.3, 0.4) is 0 Å². The van der Waals surface area contributed by atoms with Gasteiger partial charge in [0.05, 0.1) is 16.1 Å². The molecule has 0 aliphatic carbocycles. The first-order valence-corrected chi connectivity index (χ1v) is 9.57. The second-order valence-electron chi connectivity index (χ2n) is 6.56. The Kier molecular flexibility index (Phi) is 5.19. The van der Waals surface area contributed by atoms with E-state index >= 15 is 0 Å². The van der Waals surface area contributed by atoms with Crippen molar-refractivity contribution in [1.29, 1.82) is 0 Å². The summed E-state index contributed by atoms with van der Waals surface area (Å²) in [6, 6.07) is 19.3. The fourth-order valence-corrected chi connectivity index (χ4v) is 3.23. The van der Waals surface area contributed by atoms with E-state index in [-0.39, 0.29) is 22.9 Å². The van der Waals surface area contributed by atoms with Gasteiger partial charge in [-0.1, -0.05) is 54.9 Å². The standard InChI is InChI=1S/C24H17ClO4/c1-2-15-7-9-16(10-8-15)13-22-23(26)19-12-11-17(14-21(19)29-22)28-24(27)18-5-3-4-6-20(18)25/h3-14H,2H2,1H3/b22-13-. The highest BCUT2D eigenvalue weighted by Gasteiger charge is 2.28. The summed E-state index contributed by atoms with van der Waals surface area (Å²) in [5.74, 6) is 0.0833. The van der Waals surface area contributed by atoms with Crippen LogP contribution in [0.2, 0.25) is 5.02 Å². The van der Waals surface area contributed by atoms with Crippen molar-refractivity contribution >= 4 is 29.4 Å². The lowest BCUT2D eigenvalue weighted by molar-refractivity contribution is 0.0734. The summed E-state index contributed by atoms with van der Waals surface area (Å²) in [6.45, 7) is 2.09. The molecule has 0 amide bonds. The van der Waals surface area contributed by atoms with Crippen LogP contribution in [-0.2, 0) is 6.42 Å². The van der Waals surface area contributed by atoms with Crippen molar-refractivity contribution in [2.75, 3.05) is 0 Å². The average molecular weight is 405 g/mol. The molecular formula is C24H17ClO4. The summed E-state index contributed by atoms with van der Waals surface area (Å²) in [5.41, 5.74) is 2.80. The Morgan fingerprint density at radius 3 is 2.55 bits per heavy atom. The summed E-state index contributed by atoms with van der Waals surface area (Å²) >= 11 is 6.04. The third-order valence-electron chi connectivity index (χ3n) is 4.63. The smallest absolute Gasteiger partial charge is 0.345 e. The number of hydrogen-bond donors (Lipinski definition) is 0. The van der Waals surface area contributed by atoms with Gasteiger partial charge in [0.25, 0.3) is 0 Å². The number of aryl methyl sites for hydroxylation is 1. The van der Waals surface area contributed by atoms with Gasteiger partial charge in [0.15, 0.2) is 5.76 Å². The fourth-order valence-electron chi connectivity index (χ4n) is 3.02. The van der Waals surface area contributed by atoms with Gasteiger partial charge in [-0.2, -0.15) is 0 Å². The minimum atomic E-state index is -0.577. The normalized spacial score (nSPS) is 13.9. The van der Waals surface area contributed by atoms with Crippen LogP contribution in [0.15, 0.2) is 72.5 Å². The molecule has 4 nitrogen and oxygen atoms in total. The van der Waals surface area contributed by atoms with Crippen LogP contribution >= 0.6 is 11.6 Å². The Bertz CT molecular complexity index is 1130. The van der Waals surface area contributed by atoms with Crippen molar-refractivity contribution in [1.82, 2.24) is 0 Å². The van der Waals surface area contributed by atoms with Crippen molar-refractivity contribution in [3.05, 3.63) is 99.8 Å². The third-order valence-corrected chi connectivity index (χ3v) is 4.96. The Labute approximate surface area is 173 Å². The van der Waals surface area contributed by atoms with E-state index < -0.39 is 5.97 Å².